The second kappa shape index (κ2) is 6.98. The van der Waals surface area contributed by atoms with Gasteiger partial charge in [0.05, 0.1) is 11.1 Å². The highest BCUT2D eigenvalue weighted by molar-refractivity contribution is 7.80. The quantitative estimate of drug-likeness (QED) is 0.304. The van der Waals surface area contributed by atoms with Gasteiger partial charge in [-0.1, -0.05) is 0 Å². The molecule has 6 nitrogen and oxygen atoms in total. The number of hydrogen-bond acceptors (Lipinski definition) is 4. The van der Waals surface area contributed by atoms with Crippen molar-refractivity contribution in [2.24, 2.45) is 5.34 Å². The summed E-state index contributed by atoms with van der Waals surface area (Å²) >= 11 is 4.60. The third kappa shape index (κ3) is 4.78. The number of halogens is 6. The Labute approximate surface area is 134 Å². The lowest BCUT2D eigenvalue weighted by atomic mass is 9.99. The number of rotatable bonds is 1. The highest BCUT2D eigenvalue weighted by Gasteiger charge is 2.39. The minimum Gasteiger partial charge on any atom is -0.379 e. The van der Waals surface area contributed by atoms with E-state index in [0.717, 1.165) is 0 Å². The Kier molecular flexibility index (Phi) is 5.71. The van der Waals surface area contributed by atoms with Gasteiger partial charge in [-0.05, 0) is 36.0 Å². The third-order valence-electron chi connectivity index (χ3n) is 2.72. The van der Waals surface area contributed by atoms with E-state index in [1.807, 2.05) is 0 Å². The van der Waals surface area contributed by atoms with Gasteiger partial charge in [-0.15, -0.1) is 4.91 Å². The molecule has 1 fully saturated rings. The first-order valence-electron chi connectivity index (χ1n) is 5.77. The molecule has 1 aliphatic heterocycles. The van der Waals surface area contributed by atoms with Crippen molar-refractivity contribution in [3.05, 3.63) is 39.8 Å². The molecule has 0 spiro atoms. The van der Waals surface area contributed by atoms with Crippen molar-refractivity contribution < 1.29 is 36.3 Å². The van der Waals surface area contributed by atoms with Crippen molar-refractivity contribution in [3.8, 4) is 0 Å². The maximum atomic E-state index is 12.7. The normalized spacial score (nSPS) is 17.5. The van der Waals surface area contributed by atoms with E-state index in [-0.39, 0.29) is 11.2 Å². The van der Waals surface area contributed by atoms with Crippen LogP contribution in [0.15, 0.2) is 23.5 Å². The average molecular weight is 375 g/mol. The van der Waals surface area contributed by atoms with Crippen LogP contribution in [-0.4, -0.2) is 16.2 Å². The first-order chi connectivity index (χ1) is 10.9. The van der Waals surface area contributed by atoms with E-state index in [1.54, 1.807) is 0 Å². The molecule has 1 saturated heterocycles. The molecule has 0 aliphatic carbocycles. The summed E-state index contributed by atoms with van der Waals surface area (Å²) in [7, 11) is 0. The number of alkyl halides is 6. The zero-order valence-corrected chi connectivity index (χ0v) is 12.0. The second-order valence-electron chi connectivity index (χ2n) is 4.32. The Morgan fingerprint density at radius 3 is 1.75 bits per heavy atom. The van der Waals surface area contributed by atoms with Crippen LogP contribution in [0.5, 0.6) is 0 Å². The van der Waals surface area contributed by atoms with Crippen LogP contribution in [0.1, 0.15) is 22.7 Å². The Balaban J connectivity index is 0.000000891. The van der Waals surface area contributed by atoms with Gasteiger partial charge in [0.15, 0.2) is 10.5 Å². The summed E-state index contributed by atoms with van der Waals surface area (Å²) < 4.78 is 76.1. The van der Waals surface area contributed by atoms with E-state index < -0.39 is 41.0 Å². The van der Waals surface area contributed by atoms with Crippen LogP contribution in [0.25, 0.3) is 0 Å². The van der Waals surface area contributed by atoms with Gasteiger partial charge < -0.3 is 15.8 Å². The van der Waals surface area contributed by atoms with Crippen molar-refractivity contribution in [1.29, 1.82) is 0 Å². The smallest absolute Gasteiger partial charge is 0.379 e. The van der Waals surface area contributed by atoms with Gasteiger partial charge in [0.2, 0.25) is 0 Å². The maximum Gasteiger partial charge on any atom is 0.416 e. The molecule has 1 atom stereocenters. The van der Waals surface area contributed by atoms with Gasteiger partial charge in [0.1, 0.15) is 6.04 Å². The van der Waals surface area contributed by atoms with E-state index in [0.29, 0.717) is 12.1 Å². The highest BCUT2D eigenvalue weighted by atomic mass is 32.1. The molecule has 24 heavy (non-hydrogen) atoms. The van der Waals surface area contributed by atoms with Crippen LogP contribution in [0.2, 0.25) is 0 Å². The van der Waals surface area contributed by atoms with Gasteiger partial charge in [0, 0.05) is 0 Å². The number of carbonyl (C=O) groups is 1. The SMILES string of the molecule is O=C1NC(=S)NC1c1cc(C(F)(F)F)cc(C(F)(F)F)c1.O=NO. The van der Waals surface area contributed by atoms with Gasteiger partial charge in [-0.25, -0.2) is 0 Å². The van der Waals surface area contributed by atoms with E-state index in [1.165, 1.54) is 5.34 Å². The predicted molar refractivity (Wildman–Crippen MR) is 70.6 cm³/mol. The molecule has 1 aromatic rings. The Hall–Kier alpha value is -2.44. The van der Waals surface area contributed by atoms with Crippen molar-refractivity contribution in [2.45, 2.75) is 18.4 Å². The number of nitrogens with zero attached hydrogens (tertiary/aromatic N) is 1. The third-order valence-corrected chi connectivity index (χ3v) is 2.94. The Morgan fingerprint density at radius 2 is 1.46 bits per heavy atom. The molecule has 0 aromatic heterocycles. The Bertz CT molecular complexity index is 629. The van der Waals surface area contributed by atoms with E-state index in [4.69, 9.17) is 10.1 Å². The van der Waals surface area contributed by atoms with Crippen LogP contribution < -0.4 is 10.6 Å². The first-order valence-corrected chi connectivity index (χ1v) is 6.18. The minimum atomic E-state index is -4.97. The van der Waals surface area contributed by atoms with Crippen LogP contribution in [-0.2, 0) is 17.1 Å². The molecule has 1 aliphatic rings. The van der Waals surface area contributed by atoms with Crippen LogP contribution >= 0.6 is 12.2 Å². The molecule has 3 N–H and O–H groups in total. The standard InChI is InChI=1S/C11H6F6N2OS.HNO2/c12-10(13,14)5-1-4(2-6(3-5)11(15,16)17)7-8(20)19-9(21)18-7;2-1-3/h1-3,7H,(H2,18,19,20,21);(H,2,3). The highest BCUT2D eigenvalue weighted by Crippen LogP contribution is 2.37. The van der Waals surface area contributed by atoms with E-state index >= 15 is 0 Å². The van der Waals surface area contributed by atoms with E-state index in [9.17, 15) is 31.1 Å². The predicted octanol–water partition coefficient (Wildman–Crippen LogP) is 2.91. The molecular formula is C11H7F6N3O3S. The molecule has 1 aromatic carbocycles. The van der Waals surface area contributed by atoms with Crippen molar-refractivity contribution in [3.63, 3.8) is 0 Å². The molecule has 0 radical (unpaired) electrons. The number of hydrogen-bond donors (Lipinski definition) is 3. The van der Waals surface area contributed by atoms with E-state index in [2.05, 4.69) is 22.9 Å². The topological polar surface area (TPSA) is 90.8 Å². The van der Waals surface area contributed by atoms with Crippen LogP contribution in [0, 0.1) is 4.91 Å². The molecule has 2 rings (SSSR count). The number of carbonyl (C=O) groups excluding carboxylic acids is 1. The number of amides is 1. The van der Waals surface area contributed by atoms with Crippen LogP contribution in [0.4, 0.5) is 26.3 Å². The van der Waals surface area contributed by atoms with Gasteiger partial charge in [0.25, 0.3) is 5.91 Å². The lowest BCUT2D eigenvalue weighted by Crippen LogP contribution is -2.22. The summed E-state index contributed by atoms with van der Waals surface area (Å²) in [5.74, 6) is -0.813. The fourth-order valence-corrected chi connectivity index (χ4v) is 2.02. The lowest BCUT2D eigenvalue weighted by molar-refractivity contribution is -0.143. The zero-order valence-electron chi connectivity index (χ0n) is 11.2. The summed E-state index contributed by atoms with van der Waals surface area (Å²) in [6.45, 7) is 0. The number of benzene rings is 1. The van der Waals surface area contributed by atoms with Crippen molar-refractivity contribution in [1.82, 2.24) is 10.6 Å². The first kappa shape index (κ1) is 19.6. The molecule has 1 unspecified atom stereocenters. The fourth-order valence-electron chi connectivity index (χ4n) is 1.80. The van der Waals surface area contributed by atoms with Gasteiger partial charge in [-0.3, -0.25) is 4.79 Å². The summed E-state index contributed by atoms with van der Waals surface area (Å²) in [5.41, 5.74) is -3.44. The summed E-state index contributed by atoms with van der Waals surface area (Å²) in [4.78, 5) is 19.6. The average Bonchev–Trinajstić information content (AvgIpc) is 2.76. The summed E-state index contributed by atoms with van der Waals surface area (Å²) in [6.07, 6.45) is -9.93. The molecule has 1 amide bonds. The molecule has 132 valence electrons. The van der Waals surface area contributed by atoms with Crippen LogP contribution in [0.3, 0.4) is 0 Å². The minimum absolute atomic E-state index is 0.00528. The largest absolute Gasteiger partial charge is 0.416 e. The summed E-state index contributed by atoms with van der Waals surface area (Å²) in [5, 5.41) is 12.1. The lowest BCUT2D eigenvalue weighted by Gasteiger charge is -2.16. The molecular weight excluding hydrogens is 368 g/mol. The van der Waals surface area contributed by atoms with Crippen molar-refractivity contribution in [2.75, 3.05) is 0 Å². The monoisotopic (exact) mass is 375 g/mol. The number of nitrogens with one attached hydrogen (secondary N) is 2. The van der Waals surface area contributed by atoms with Crippen molar-refractivity contribution >= 4 is 23.2 Å². The fraction of sp³-hybridized carbons (Fsp3) is 0.273. The zero-order chi connectivity index (χ0) is 18.7. The molecule has 0 saturated carbocycles. The Morgan fingerprint density at radius 1 is 1.04 bits per heavy atom. The maximum absolute atomic E-state index is 12.7. The molecule has 1 heterocycles. The number of thiocarbonyl (C=S) groups is 1. The van der Waals surface area contributed by atoms with Gasteiger partial charge >= 0.3 is 12.4 Å². The van der Waals surface area contributed by atoms with Gasteiger partial charge in [-0.2, -0.15) is 26.3 Å². The summed E-state index contributed by atoms with van der Waals surface area (Å²) in [6, 6.07) is -0.420. The second-order valence-corrected chi connectivity index (χ2v) is 4.72. The molecule has 13 heteroatoms. The molecule has 0 bridgehead atoms.